The zero-order chi connectivity index (χ0) is 35.7. The van der Waals surface area contributed by atoms with Gasteiger partial charge in [-0.15, -0.1) is 6.58 Å². The second-order valence-corrected chi connectivity index (χ2v) is 13.9. The van der Waals surface area contributed by atoms with Crippen LogP contribution < -0.4 is 20.1 Å². The highest BCUT2D eigenvalue weighted by Gasteiger charge is 2.62. The largest absolute Gasteiger partial charge is 0.497 e. The number of aromatic carboxylic acids is 1. The molecule has 0 spiro atoms. The van der Waals surface area contributed by atoms with Crippen molar-refractivity contribution in [1.29, 1.82) is 0 Å². The van der Waals surface area contributed by atoms with Crippen LogP contribution >= 0.6 is 0 Å². The van der Waals surface area contributed by atoms with E-state index in [0.717, 1.165) is 25.7 Å². The third kappa shape index (κ3) is 7.42. The van der Waals surface area contributed by atoms with Crippen molar-refractivity contribution in [2.75, 3.05) is 20.8 Å². The summed E-state index contributed by atoms with van der Waals surface area (Å²) in [6.45, 7) is 9.06. The quantitative estimate of drug-likeness (QED) is 0.233. The lowest BCUT2D eigenvalue weighted by Crippen LogP contribution is -2.59. The smallest absolute Gasteiger partial charge is 0.408 e. The van der Waals surface area contributed by atoms with Gasteiger partial charge >= 0.3 is 18.0 Å². The second kappa shape index (κ2) is 13.9. The number of pyridine rings is 1. The number of hydrogen-bond donors (Lipinski definition) is 3. The summed E-state index contributed by atoms with van der Waals surface area (Å²) < 4.78 is 22.2. The first-order valence-corrected chi connectivity index (χ1v) is 16.4. The predicted molar refractivity (Wildman–Crippen MR) is 176 cm³/mol. The monoisotopic (exact) mass is 680 g/mol. The van der Waals surface area contributed by atoms with Crippen molar-refractivity contribution in [2.24, 2.45) is 11.3 Å². The lowest BCUT2D eigenvalue weighted by molar-refractivity contribution is -0.148. The van der Waals surface area contributed by atoms with E-state index in [1.54, 1.807) is 45.0 Å². The van der Waals surface area contributed by atoms with E-state index in [0.29, 0.717) is 23.1 Å². The number of hydrogen-bond acceptors (Lipinski definition) is 10. The topological polar surface area (TPSA) is 183 Å². The Morgan fingerprint density at radius 2 is 1.82 bits per heavy atom. The van der Waals surface area contributed by atoms with Crippen LogP contribution in [0.3, 0.4) is 0 Å². The molecule has 0 radical (unpaired) electrons. The molecule has 49 heavy (non-hydrogen) atoms. The van der Waals surface area contributed by atoms with Gasteiger partial charge in [-0.25, -0.2) is 19.4 Å². The van der Waals surface area contributed by atoms with E-state index in [4.69, 9.17) is 18.9 Å². The molecule has 2 aromatic rings. The first kappa shape index (κ1) is 35.4. The molecule has 3 fully saturated rings. The van der Waals surface area contributed by atoms with Gasteiger partial charge in [0.1, 0.15) is 41.3 Å². The maximum atomic E-state index is 14.4. The van der Waals surface area contributed by atoms with Crippen molar-refractivity contribution in [3.63, 3.8) is 0 Å². The number of benzene rings is 1. The van der Waals surface area contributed by atoms with Crippen LogP contribution in [0.1, 0.15) is 69.8 Å². The highest BCUT2D eigenvalue weighted by molar-refractivity contribution is 5.97. The molecule has 264 valence electrons. The van der Waals surface area contributed by atoms with Crippen LogP contribution in [-0.2, 0) is 23.9 Å². The zero-order valence-corrected chi connectivity index (χ0v) is 28.4. The molecule has 14 nitrogen and oxygen atoms in total. The Bertz CT molecular complexity index is 1650. The Labute approximate surface area is 284 Å². The van der Waals surface area contributed by atoms with E-state index in [1.807, 2.05) is 0 Å². The molecule has 0 bridgehead atoms. The maximum absolute atomic E-state index is 14.4. The molecule has 5 rings (SSSR count). The van der Waals surface area contributed by atoms with Gasteiger partial charge in [-0.05, 0) is 49.7 Å². The van der Waals surface area contributed by atoms with Gasteiger partial charge in [0.2, 0.25) is 11.8 Å². The molecular weight excluding hydrogens is 636 g/mol. The van der Waals surface area contributed by atoms with Crippen LogP contribution in [0.4, 0.5) is 4.79 Å². The number of nitrogens with zero attached hydrogens (tertiary/aromatic N) is 2. The predicted octanol–water partition coefficient (Wildman–Crippen LogP) is 3.61. The van der Waals surface area contributed by atoms with E-state index in [1.165, 1.54) is 25.2 Å². The number of carboxylic acid groups (broad SMARTS) is 1. The summed E-state index contributed by atoms with van der Waals surface area (Å²) >= 11 is 0. The van der Waals surface area contributed by atoms with Gasteiger partial charge in [0, 0.05) is 29.9 Å². The summed E-state index contributed by atoms with van der Waals surface area (Å²) in [4.78, 5) is 71.7. The summed E-state index contributed by atoms with van der Waals surface area (Å²) in [6, 6.07) is 4.04. The first-order valence-electron chi connectivity index (χ1n) is 16.4. The van der Waals surface area contributed by atoms with Crippen molar-refractivity contribution in [1.82, 2.24) is 20.5 Å². The Morgan fingerprint density at radius 1 is 1.10 bits per heavy atom. The molecule has 2 saturated carbocycles. The number of alkyl carbamates (subject to hydrolysis) is 1. The van der Waals surface area contributed by atoms with Crippen molar-refractivity contribution in [2.45, 2.75) is 89.1 Å². The molecule has 1 saturated heterocycles. The molecule has 14 heteroatoms. The van der Waals surface area contributed by atoms with E-state index in [-0.39, 0.29) is 36.4 Å². The van der Waals surface area contributed by atoms with E-state index >= 15 is 0 Å². The molecule has 3 aliphatic rings. The van der Waals surface area contributed by atoms with Crippen LogP contribution in [0.15, 0.2) is 36.9 Å². The van der Waals surface area contributed by atoms with Crippen LogP contribution in [-0.4, -0.2) is 95.4 Å². The fourth-order valence-corrected chi connectivity index (χ4v) is 6.68. The van der Waals surface area contributed by atoms with Gasteiger partial charge in [0.05, 0.1) is 26.3 Å². The zero-order valence-electron chi connectivity index (χ0n) is 28.4. The molecule has 1 aromatic carbocycles. The highest BCUT2D eigenvalue weighted by Crippen LogP contribution is 2.45. The number of likely N-dealkylation sites (tertiary alicyclic amines) is 1. The third-order valence-corrected chi connectivity index (χ3v) is 9.49. The summed E-state index contributed by atoms with van der Waals surface area (Å²) in [6.07, 6.45) is 3.55. The average Bonchev–Trinajstić information content (AvgIpc) is 3.34. The van der Waals surface area contributed by atoms with E-state index in [2.05, 4.69) is 22.2 Å². The molecular formula is C35H44N4O10. The minimum atomic E-state index is -1.31. The van der Waals surface area contributed by atoms with Gasteiger partial charge in [0.25, 0.3) is 0 Å². The van der Waals surface area contributed by atoms with Crippen LogP contribution in [0.2, 0.25) is 0 Å². The molecule has 2 aliphatic carbocycles. The fraction of sp³-hybridized carbons (Fsp3) is 0.543. The maximum Gasteiger partial charge on any atom is 0.408 e. The van der Waals surface area contributed by atoms with Crippen LogP contribution in [0.25, 0.3) is 10.9 Å². The molecule has 3 N–H and O–H groups in total. The van der Waals surface area contributed by atoms with Gasteiger partial charge in [-0.2, -0.15) is 0 Å². The lowest BCUT2D eigenvalue weighted by Gasteiger charge is -2.35. The second-order valence-electron chi connectivity index (χ2n) is 13.9. The Hall–Kier alpha value is -4.88. The van der Waals surface area contributed by atoms with Crippen molar-refractivity contribution in [3.05, 3.63) is 42.6 Å². The van der Waals surface area contributed by atoms with Crippen LogP contribution in [0, 0.1) is 11.3 Å². The van der Waals surface area contributed by atoms with Gasteiger partial charge < -0.3 is 39.6 Å². The van der Waals surface area contributed by atoms with Crippen molar-refractivity contribution < 1.29 is 48.0 Å². The number of rotatable bonds is 11. The summed E-state index contributed by atoms with van der Waals surface area (Å²) in [5.74, 6) is -2.75. The molecule has 2 heterocycles. The number of esters is 1. The van der Waals surface area contributed by atoms with Gasteiger partial charge in [0.15, 0.2) is 5.69 Å². The SMILES string of the molecule is C=CC1CC1(NC(=O)C1CC(Oc2cc(C(=O)O)nc3cc(OC)ccc23)CN1C(=O)C(NC(=O)OC1CCCC1)C(C)(C)C)C(=O)OC. The highest BCUT2D eigenvalue weighted by atomic mass is 16.6. The Kier molecular flexibility index (Phi) is 10.1. The molecule has 1 aliphatic heterocycles. The van der Waals surface area contributed by atoms with Crippen molar-refractivity contribution in [3.8, 4) is 11.5 Å². The van der Waals surface area contributed by atoms with Gasteiger partial charge in [-0.1, -0.05) is 26.8 Å². The first-order chi connectivity index (χ1) is 23.2. The lowest BCUT2D eigenvalue weighted by atomic mass is 9.85. The standard InChI is InChI=1S/C35H44N4O10/c1-7-19-17-35(19,32(44)47-6)38-29(40)26-15-22(48-27-16-25(31(42)43)36-24-14-21(46-5)12-13-23(24)27)18-39(26)30(41)28(34(2,3)4)37-33(45)49-20-10-8-9-11-20/h7,12-14,16,19-20,22,26,28H,1,8-11,15,17-18H2,2-6H3,(H,37,45)(H,38,40)(H,42,43). The summed E-state index contributed by atoms with van der Waals surface area (Å²) in [7, 11) is 2.71. The Balaban J connectivity index is 1.46. The Morgan fingerprint density at radius 3 is 2.41 bits per heavy atom. The molecule has 5 unspecified atom stereocenters. The number of nitrogens with one attached hydrogen (secondary N) is 2. The number of amides is 3. The van der Waals surface area contributed by atoms with Crippen LogP contribution in [0.5, 0.6) is 11.5 Å². The minimum Gasteiger partial charge on any atom is -0.497 e. The molecule has 5 atom stereocenters. The number of fused-ring (bicyclic) bond motifs is 1. The van der Waals surface area contributed by atoms with E-state index in [9.17, 15) is 29.1 Å². The summed E-state index contributed by atoms with van der Waals surface area (Å²) in [5, 5.41) is 15.8. The number of aromatic nitrogens is 1. The number of methoxy groups -OCH3 is 2. The molecule has 1 aromatic heterocycles. The normalized spacial score (nSPS) is 24.1. The minimum absolute atomic E-state index is 0.000654. The fourth-order valence-electron chi connectivity index (χ4n) is 6.68. The van der Waals surface area contributed by atoms with E-state index < -0.39 is 59.0 Å². The molecule has 3 amide bonds. The average molecular weight is 681 g/mol. The number of carboxylic acids is 1. The number of ether oxygens (including phenoxy) is 4. The number of carbonyl (C=O) groups excluding carboxylic acids is 4. The number of carbonyl (C=O) groups is 5. The third-order valence-electron chi connectivity index (χ3n) is 9.49. The van der Waals surface area contributed by atoms with Crippen molar-refractivity contribution >= 4 is 40.7 Å². The van der Waals surface area contributed by atoms with Gasteiger partial charge in [-0.3, -0.25) is 9.59 Å². The summed E-state index contributed by atoms with van der Waals surface area (Å²) in [5.41, 5.74) is -2.06.